The first kappa shape index (κ1) is 20.0. The summed E-state index contributed by atoms with van der Waals surface area (Å²) in [6, 6.07) is 6.63. The van der Waals surface area contributed by atoms with Crippen LogP contribution in [0.5, 0.6) is 11.5 Å². The van der Waals surface area contributed by atoms with Crippen molar-refractivity contribution in [1.82, 2.24) is 4.90 Å². The third-order valence-corrected chi connectivity index (χ3v) is 8.60. The van der Waals surface area contributed by atoms with Crippen molar-refractivity contribution < 1.29 is 22.7 Å². The number of ether oxygens (including phenoxy) is 2. The SMILES string of the molecule is COc1ccc(OC)c(NS(=O)(=O)c2cc3c(s2)CCN(C(=O)C2CCC2)C3)c1. The number of thiophene rings is 1. The van der Waals surface area contributed by atoms with E-state index in [1.54, 1.807) is 24.3 Å². The van der Waals surface area contributed by atoms with Crippen LogP contribution in [0.25, 0.3) is 0 Å². The van der Waals surface area contributed by atoms with Crippen molar-refractivity contribution in [3.8, 4) is 11.5 Å². The van der Waals surface area contributed by atoms with Crippen molar-refractivity contribution in [2.75, 3.05) is 25.5 Å². The molecule has 1 aromatic heterocycles. The van der Waals surface area contributed by atoms with Crippen LogP contribution < -0.4 is 14.2 Å². The van der Waals surface area contributed by atoms with E-state index in [0.29, 0.717) is 36.7 Å². The fourth-order valence-electron chi connectivity index (χ4n) is 3.63. The molecule has 0 atom stereocenters. The zero-order chi connectivity index (χ0) is 20.6. The highest BCUT2D eigenvalue weighted by Gasteiger charge is 2.32. The number of methoxy groups -OCH3 is 2. The van der Waals surface area contributed by atoms with E-state index in [0.717, 1.165) is 29.7 Å². The molecule has 1 aliphatic carbocycles. The number of benzene rings is 1. The summed E-state index contributed by atoms with van der Waals surface area (Å²) in [7, 11) is -0.782. The van der Waals surface area contributed by atoms with E-state index < -0.39 is 10.0 Å². The molecule has 1 N–H and O–H groups in total. The van der Waals surface area contributed by atoms with Crippen LogP contribution in [0, 0.1) is 5.92 Å². The standard InChI is InChI=1S/C20H24N2O5S2/c1-26-15-6-7-17(27-2)16(11-15)21-29(24,25)19-10-14-12-22(9-8-18(14)28-19)20(23)13-4-3-5-13/h6-7,10-11,13,21H,3-5,8-9,12H2,1-2H3. The van der Waals surface area contributed by atoms with E-state index in [-0.39, 0.29) is 16.0 Å². The van der Waals surface area contributed by atoms with Gasteiger partial charge in [-0.25, -0.2) is 8.42 Å². The molecule has 29 heavy (non-hydrogen) atoms. The minimum atomic E-state index is -3.78. The van der Waals surface area contributed by atoms with E-state index >= 15 is 0 Å². The van der Waals surface area contributed by atoms with Crippen molar-refractivity contribution in [1.29, 1.82) is 0 Å². The fourth-order valence-corrected chi connectivity index (χ4v) is 6.23. The second-order valence-corrected chi connectivity index (χ2v) is 10.4. The Bertz CT molecular complexity index is 1030. The van der Waals surface area contributed by atoms with Crippen LogP contribution in [-0.4, -0.2) is 40.0 Å². The van der Waals surface area contributed by atoms with Gasteiger partial charge < -0.3 is 14.4 Å². The van der Waals surface area contributed by atoms with Crippen LogP contribution in [0.3, 0.4) is 0 Å². The third-order valence-electron chi connectivity index (χ3n) is 5.53. The maximum absolute atomic E-state index is 13.0. The Kier molecular flexibility index (Phi) is 5.44. The molecular weight excluding hydrogens is 412 g/mol. The van der Waals surface area contributed by atoms with Crippen molar-refractivity contribution in [3.05, 3.63) is 34.7 Å². The molecule has 0 spiro atoms. The molecule has 1 saturated carbocycles. The third kappa shape index (κ3) is 3.93. The molecule has 1 aromatic carbocycles. The molecule has 0 unspecified atom stereocenters. The number of nitrogens with one attached hydrogen (secondary N) is 1. The van der Waals surface area contributed by atoms with Crippen LogP contribution in [-0.2, 0) is 27.8 Å². The topological polar surface area (TPSA) is 84.9 Å². The van der Waals surface area contributed by atoms with Crippen molar-refractivity contribution in [3.63, 3.8) is 0 Å². The summed E-state index contributed by atoms with van der Waals surface area (Å²) >= 11 is 1.27. The van der Waals surface area contributed by atoms with Crippen molar-refractivity contribution >= 4 is 33.0 Å². The molecule has 1 amide bonds. The highest BCUT2D eigenvalue weighted by molar-refractivity contribution is 7.94. The molecule has 1 fully saturated rings. The molecule has 2 aromatic rings. The lowest BCUT2D eigenvalue weighted by molar-refractivity contribution is -0.139. The molecule has 9 heteroatoms. The number of hydrogen-bond donors (Lipinski definition) is 1. The fraction of sp³-hybridized carbons (Fsp3) is 0.450. The predicted molar refractivity (Wildman–Crippen MR) is 111 cm³/mol. The lowest BCUT2D eigenvalue weighted by Crippen LogP contribution is -2.41. The summed E-state index contributed by atoms with van der Waals surface area (Å²) in [5.41, 5.74) is 1.24. The first-order chi connectivity index (χ1) is 13.9. The van der Waals surface area contributed by atoms with E-state index in [9.17, 15) is 13.2 Å². The van der Waals surface area contributed by atoms with Gasteiger partial charge in [-0.1, -0.05) is 6.42 Å². The predicted octanol–water partition coefficient (Wildman–Crippen LogP) is 3.25. The van der Waals surface area contributed by atoms with Gasteiger partial charge in [-0.2, -0.15) is 0 Å². The molecule has 0 saturated heterocycles. The number of fused-ring (bicyclic) bond motifs is 1. The maximum atomic E-state index is 13.0. The van der Waals surface area contributed by atoms with Gasteiger partial charge in [0.1, 0.15) is 15.7 Å². The van der Waals surface area contributed by atoms with Gasteiger partial charge in [-0.3, -0.25) is 9.52 Å². The number of hydrogen-bond acceptors (Lipinski definition) is 6. The van der Waals surface area contributed by atoms with Gasteiger partial charge in [0.05, 0.1) is 19.9 Å². The highest BCUT2D eigenvalue weighted by atomic mass is 32.2. The Hall–Kier alpha value is -2.26. The van der Waals surface area contributed by atoms with Crippen LogP contribution in [0.1, 0.15) is 29.7 Å². The monoisotopic (exact) mass is 436 g/mol. The lowest BCUT2D eigenvalue weighted by atomic mass is 9.84. The van der Waals surface area contributed by atoms with Crippen LogP contribution in [0.2, 0.25) is 0 Å². The van der Waals surface area contributed by atoms with E-state index in [1.807, 2.05) is 4.90 Å². The summed E-state index contributed by atoms with van der Waals surface area (Å²) in [6.45, 7) is 1.14. The van der Waals surface area contributed by atoms with E-state index in [1.165, 1.54) is 25.6 Å². The number of carbonyl (C=O) groups is 1. The quantitative estimate of drug-likeness (QED) is 0.751. The first-order valence-electron chi connectivity index (χ1n) is 9.56. The highest BCUT2D eigenvalue weighted by Crippen LogP contribution is 2.36. The Balaban J connectivity index is 1.55. The minimum Gasteiger partial charge on any atom is -0.497 e. The molecule has 4 rings (SSSR count). The number of anilines is 1. The number of nitrogens with zero attached hydrogens (tertiary/aromatic N) is 1. The van der Waals surface area contributed by atoms with Crippen LogP contribution in [0.15, 0.2) is 28.5 Å². The normalized spacial score (nSPS) is 16.7. The van der Waals surface area contributed by atoms with Crippen molar-refractivity contribution in [2.45, 2.75) is 36.4 Å². The van der Waals surface area contributed by atoms with Gasteiger partial charge >= 0.3 is 0 Å². The molecular formula is C20H24N2O5S2. The van der Waals surface area contributed by atoms with Gasteiger partial charge in [0.2, 0.25) is 5.91 Å². The first-order valence-corrected chi connectivity index (χ1v) is 11.9. The zero-order valence-corrected chi connectivity index (χ0v) is 18.1. The summed E-state index contributed by atoms with van der Waals surface area (Å²) < 4.78 is 39.3. The average molecular weight is 437 g/mol. The minimum absolute atomic E-state index is 0.153. The zero-order valence-electron chi connectivity index (χ0n) is 16.4. The van der Waals surface area contributed by atoms with Gasteiger partial charge in [0, 0.05) is 30.0 Å². The van der Waals surface area contributed by atoms with E-state index in [4.69, 9.17) is 9.47 Å². The summed E-state index contributed by atoms with van der Waals surface area (Å²) in [4.78, 5) is 15.4. The van der Waals surface area contributed by atoms with Crippen LogP contribution in [0.4, 0.5) is 5.69 Å². The number of sulfonamides is 1. The van der Waals surface area contributed by atoms with Gasteiger partial charge in [0.15, 0.2) is 0 Å². The summed E-state index contributed by atoms with van der Waals surface area (Å²) in [5.74, 6) is 1.30. The Morgan fingerprint density at radius 3 is 2.66 bits per heavy atom. The molecule has 2 heterocycles. The van der Waals surface area contributed by atoms with Gasteiger partial charge in [-0.05, 0) is 43.0 Å². The molecule has 156 valence electrons. The largest absolute Gasteiger partial charge is 0.497 e. The molecule has 7 nitrogen and oxygen atoms in total. The molecule has 0 bridgehead atoms. The lowest BCUT2D eigenvalue weighted by Gasteiger charge is -2.33. The number of rotatable bonds is 6. The second kappa shape index (κ2) is 7.87. The van der Waals surface area contributed by atoms with Gasteiger partial charge in [-0.15, -0.1) is 11.3 Å². The molecule has 1 aliphatic heterocycles. The second-order valence-electron chi connectivity index (χ2n) is 7.32. The Labute approximate surface area is 174 Å². The number of amides is 1. The molecule has 2 aliphatic rings. The maximum Gasteiger partial charge on any atom is 0.271 e. The summed E-state index contributed by atoms with van der Waals surface area (Å²) in [5, 5.41) is 0. The Morgan fingerprint density at radius 2 is 2.00 bits per heavy atom. The number of carbonyl (C=O) groups excluding carboxylic acids is 1. The molecule has 0 radical (unpaired) electrons. The van der Waals surface area contributed by atoms with Crippen molar-refractivity contribution in [2.24, 2.45) is 5.92 Å². The van der Waals surface area contributed by atoms with Gasteiger partial charge in [0.25, 0.3) is 10.0 Å². The Morgan fingerprint density at radius 1 is 1.21 bits per heavy atom. The average Bonchev–Trinajstić information content (AvgIpc) is 3.10. The summed E-state index contributed by atoms with van der Waals surface area (Å²) in [6.07, 6.45) is 3.75. The van der Waals surface area contributed by atoms with Crippen LogP contribution >= 0.6 is 11.3 Å². The van der Waals surface area contributed by atoms with E-state index in [2.05, 4.69) is 4.72 Å². The smallest absolute Gasteiger partial charge is 0.271 e.